The van der Waals surface area contributed by atoms with Gasteiger partial charge in [0.05, 0.1) is 26.2 Å². The fourth-order valence-corrected chi connectivity index (χ4v) is 12.8. The molecule has 9 nitrogen and oxygen atoms in total. The molecule has 0 aromatic heterocycles. The molecule has 0 amide bonds. The molecule has 0 aliphatic heterocycles. The van der Waals surface area contributed by atoms with Gasteiger partial charge in [-0.1, -0.05) is 131 Å². The molecule has 0 saturated heterocycles. The molecule has 0 heterocycles. The maximum atomic E-state index is 13.1. The van der Waals surface area contributed by atoms with Crippen LogP contribution in [0.2, 0.25) is 0 Å². The average molecular weight is 932 g/mol. The minimum atomic E-state index is -0.350. The van der Waals surface area contributed by atoms with E-state index in [9.17, 15) is 14.4 Å². The second-order valence-corrected chi connectivity index (χ2v) is 22.2. The number of ether oxygens (including phenoxy) is 5. The average Bonchev–Trinajstić information content (AvgIpc) is 3.28. The van der Waals surface area contributed by atoms with E-state index in [1.165, 1.54) is 122 Å². The molecule has 4 bridgehead atoms. The highest BCUT2D eigenvalue weighted by Crippen LogP contribution is 2.73. The van der Waals surface area contributed by atoms with E-state index in [4.69, 9.17) is 23.7 Å². The molecule has 4 unspecified atom stereocenters. The summed E-state index contributed by atoms with van der Waals surface area (Å²) in [6.45, 7) is 19.2. The molecule has 0 spiro atoms. The second kappa shape index (κ2) is 34.6. The highest BCUT2D eigenvalue weighted by atomic mass is 16.7. The van der Waals surface area contributed by atoms with Crippen molar-refractivity contribution in [3.63, 3.8) is 0 Å². The number of esters is 3. The first kappa shape index (κ1) is 58.6. The first-order valence-electron chi connectivity index (χ1n) is 28.4. The zero-order chi connectivity index (χ0) is 47.8. The summed E-state index contributed by atoms with van der Waals surface area (Å²) in [5, 5.41) is 0. The number of nitrogens with zero attached hydrogens (tertiary/aromatic N) is 1. The van der Waals surface area contributed by atoms with Crippen molar-refractivity contribution in [2.75, 3.05) is 52.7 Å². The third-order valence-corrected chi connectivity index (χ3v) is 15.6. The monoisotopic (exact) mass is 932 g/mol. The highest BCUT2D eigenvalue weighted by Gasteiger charge is 2.62. The highest BCUT2D eigenvalue weighted by molar-refractivity contribution is 5.69. The first-order chi connectivity index (χ1) is 32.0. The number of hydrogen-bond donors (Lipinski definition) is 0. The topological polar surface area (TPSA) is 101 Å². The summed E-state index contributed by atoms with van der Waals surface area (Å²) in [6.07, 6.45) is 36.3. The molecule has 0 radical (unpaired) electrons. The lowest BCUT2D eigenvalue weighted by molar-refractivity contribution is -0.173. The van der Waals surface area contributed by atoms with Crippen LogP contribution in [-0.2, 0) is 38.1 Å². The van der Waals surface area contributed by atoms with E-state index in [-0.39, 0.29) is 40.4 Å². The molecule has 4 aliphatic rings. The summed E-state index contributed by atoms with van der Waals surface area (Å²) >= 11 is 0. The normalized spacial score (nSPS) is 22.2. The van der Waals surface area contributed by atoms with Crippen LogP contribution in [-0.4, -0.2) is 81.8 Å². The van der Waals surface area contributed by atoms with Crippen LogP contribution in [0.1, 0.15) is 260 Å². The fraction of sp³-hybridized carbons (Fsp3) is 0.947. The Morgan fingerprint density at radius 3 is 1.33 bits per heavy atom. The number of rotatable bonds is 44. The summed E-state index contributed by atoms with van der Waals surface area (Å²) in [7, 11) is 0. The number of carbonyl (C=O) groups excluding carboxylic acids is 3. The predicted molar refractivity (Wildman–Crippen MR) is 270 cm³/mol. The van der Waals surface area contributed by atoms with Gasteiger partial charge in [0, 0.05) is 32.5 Å². The van der Waals surface area contributed by atoms with E-state index >= 15 is 0 Å². The minimum absolute atomic E-state index is 0.0358. The Bertz CT molecular complexity index is 1250. The number of hydrogen-bond acceptors (Lipinski definition) is 9. The van der Waals surface area contributed by atoms with Crippen LogP contribution in [0.25, 0.3) is 0 Å². The standard InChI is InChI=1S/C57H105NO8/c1-7-11-13-15-19-23-38-65-54(66-39-24-20-16-14-12-8-2)33-32-53(61)64-42-28-36-57-45-50-43-55(47-57,34-26-40-62-51(59)30-22-18-17-21-29-49(5)6)46-56(44-50,48-57)35-27-41-63-52(60)31-25-37-58(9-3)10-4/h49-50,54H,7-48H2,1-6H3. The molecule has 4 aliphatic carbocycles. The summed E-state index contributed by atoms with van der Waals surface area (Å²) in [5.74, 6) is 1.20. The Hall–Kier alpha value is -1.71. The molecule has 4 fully saturated rings. The van der Waals surface area contributed by atoms with E-state index < -0.39 is 0 Å². The summed E-state index contributed by atoms with van der Waals surface area (Å²) in [6, 6.07) is 0. The molecule has 9 heteroatoms. The van der Waals surface area contributed by atoms with Gasteiger partial charge in [-0.05, 0) is 150 Å². The van der Waals surface area contributed by atoms with E-state index in [0.29, 0.717) is 64.6 Å². The van der Waals surface area contributed by atoms with Gasteiger partial charge in [0.1, 0.15) is 0 Å². The zero-order valence-electron chi connectivity index (χ0n) is 44.1. The Kier molecular flexibility index (Phi) is 30.7. The predicted octanol–water partition coefficient (Wildman–Crippen LogP) is 14.9. The van der Waals surface area contributed by atoms with Crippen LogP contribution in [0.5, 0.6) is 0 Å². The zero-order valence-corrected chi connectivity index (χ0v) is 44.1. The van der Waals surface area contributed by atoms with Gasteiger partial charge in [-0.25, -0.2) is 0 Å². The Labute approximate surface area is 406 Å². The van der Waals surface area contributed by atoms with Gasteiger partial charge in [0.25, 0.3) is 0 Å². The lowest BCUT2D eigenvalue weighted by Crippen LogP contribution is -2.57. The van der Waals surface area contributed by atoms with Crippen molar-refractivity contribution in [1.29, 1.82) is 0 Å². The molecule has 4 atom stereocenters. The van der Waals surface area contributed by atoms with Crippen LogP contribution in [0, 0.1) is 28.1 Å². The van der Waals surface area contributed by atoms with Gasteiger partial charge >= 0.3 is 17.9 Å². The van der Waals surface area contributed by atoms with E-state index in [1.807, 2.05) is 0 Å². The van der Waals surface area contributed by atoms with Crippen molar-refractivity contribution in [2.45, 2.75) is 266 Å². The van der Waals surface area contributed by atoms with Gasteiger partial charge in [-0.2, -0.15) is 0 Å². The Balaban J connectivity index is 1.51. The van der Waals surface area contributed by atoms with E-state index in [1.54, 1.807) is 0 Å². The molecule has 4 saturated carbocycles. The third-order valence-electron chi connectivity index (χ3n) is 15.6. The first-order valence-corrected chi connectivity index (χ1v) is 28.4. The maximum Gasteiger partial charge on any atom is 0.305 e. The van der Waals surface area contributed by atoms with Crippen molar-refractivity contribution in [3.05, 3.63) is 0 Å². The van der Waals surface area contributed by atoms with Crippen LogP contribution in [0.4, 0.5) is 0 Å². The lowest BCUT2D eigenvalue weighted by atomic mass is 9.37. The van der Waals surface area contributed by atoms with Gasteiger partial charge in [0.15, 0.2) is 6.29 Å². The van der Waals surface area contributed by atoms with Crippen LogP contribution in [0.3, 0.4) is 0 Å². The van der Waals surface area contributed by atoms with Crippen molar-refractivity contribution in [3.8, 4) is 0 Å². The summed E-state index contributed by atoms with van der Waals surface area (Å²) in [4.78, 5) is 40.8. The van der Waals surface area contributed by atoms with Crippen molar-refractivity contribution < 1.29 is 38.1 Å². The van der Waals surface area contributed by atoms with Crippen LogP contribution < -0.4 is 0 Å². The fourth-order valence-electron chi connectivity index (χ4n) is 12.8. The molecule has 0 aromatic rings. The van der Waals surface area contributed by atoms with E-state index in [0.717, 1.165) is 96.2 Å². The van der Waals surface area contributed by atoms with Crippen molar-refractivity contribution >= 4 is 17.9 Å². The largest absolute Gasteiger partial charge is 0.466 e. The molecule has 386 valence electrons. The minimum Gasteiger partial charge on any atom is -0.466 e. The molecule has 4 rings (SSSR count). The van der Waals surface area contributed by atoms with Crippen molar-refractivity contribution in [1.82, 2.24) is 4.90 Å². The molecule has 0 N–H and O–H groups in total. The molecular formula is C57H105NO8. The quantitative estimate of drug-likeness (QED) is 0.0256. The van der Waals surface area contributed by atoms with Crippen molar-refractivity contribution in [2.24, 2.45) is 28.1 Å². The summed E-state index contributed by atoms with van der Waals surface area (Å²) < 4.78 is 30.0. The van der Waals surface area contributed by atoms with Gasteiger partial charge in [0.2, 0.25) is 0 Å². The molecule has 0 aromatic carbocycles. The SMILES string of the molecule is CCCCCCCCOC(CCC(=O)OCCCC12CC3CC(CCCOC(=O)CCCCCCC(C)C)(CC(CCCOC(=O)CCCN(CC)CC)(C3)C1)C2)OCCCCCCCC. The summed E-state index contributed by atoms with van der Waals surface area (Å²) in [5.41, 5.74) is 0.774. The third kappa shape index (κ3) is 24.7. The smallest absolute Gasteiger partial charge is 0.305 e. The number of carbonyl (C=O) groups is 3. The van der Waals surface area contributed by atoms with Gasteiger partial charge in [-0.3, -0.25) is 14.4 Å². The Morgan fingerprint density at radius 1 is 0.470 bits per heavy atom. The molecule has 66 heavy (non-hydrogen) atoms. The van der Waals surface area contributed by atoms with Crippen LogP contribution >= 0.6 is 0 Å². The van der Waals surface area contributed by atoms with Crippen LogP contribution in [0.15, 0.2) is 0 Å². The Morgan fingerprint density at radius 2 is 0.879 bits per heavy atom. The number of unbranched alkanes of at least 4 members (excludes halogenated alkanes) is 13. The molecular weight excluding hydrogens is 827 g/mol. The lowest BCUT2D eigenvalue weighted by Gasteiger charge is -2.67. The van der Waals surface area contributed by atoms with Gasteiger partial charge < -0.3 is 28.6 Å². The van der Waals surface area contributed by atoms with E-state index in [2.05, 4.69) is 46.4 Å². The maximum absolute atomic E-state index is 13.1. The van der Waals surface area contributed by atoms with Gasteiger partial charge in [-0.15, -0.1) is 0 Å². The second-order valence-electron chi connectivity index (χ2n) is 22.2.